The number of nitrogens with zero attached hydrogens (tertiary/aromatic N) is 2. The van der Waals surface area contributed by atoms with E-state index in [0.717, 1.165) is 6.42 Å². The van der Waals surface area contributed by atoms with E-state index >= 15 is 0 Å². The minimum absolute atomic E-state index is 0.0312. The zero-order valence-electron chi connectivity index (χ0n) is 11.2. The van der Waals surface area contributed by atoms with Gasteiger partial charge in [0.25, 0.3) is 0 Å². The Morgan fingerprint density at radius 1 is 1.47 bits per heavy atom. The highest BCUT2D eigenvalue weighted by Gasteiger charge is 2.37. The van der Waals surface area contributed by atoms with E-state index in [1.807, 2.05) is 6.92 Å². The van der Waals surface area contributed by atoms with Gasteiger partial charge < -0.3 is 5.32 Å². The van der Waals surface area contributed by atoms with Crippen molar-refractivity contribution in [3.05, 3.63) is 16.7 Å². The van der Waals surface area contributed by atoms with Crippen molar-refractivity contribution in [2.75, 3.05) is 18.9 Å². The zero-order valence-corrected chi connectivity index (χ0v) is 13.6. The lowest BCUT2D eigenvalue weighted by Gasteiger charge is -2.22. The van der Waals surface area contributed by atoms with Crippen molar-refractivity contribution < 1.29 is 8.42 Å². The summed E-state index contributed by atoms with van der Waals surface area (Å²) < 4.78 is 27.7. The van der Waals surface area contributed by atoms with E-state index < -0.39 is 10.0 Å². The number of pyridine rings is 1. The molecule has 0 radical (unpaired) electrons. The van der Waals surface area contributed by atoms with Gasteiger partial charge in [-0.05, 0) is 41.3 Å². The van der Waals surface area contributed by atoms with E-state index in [4.69, 9.17) is 0 Å². The van der Waals surface area contributed by atoms with E-state index in [9.17, 15) is 8.42 Å². The quantitative estimate of drug-likeness (QED) is 0.911. The van der Waals surface area contributed by atoms with E-state index in [0.29, 0.717) is 22.8 Å². The number of halogens is 1. The Morgan fingerprint density at radius 2 is 2.16 bits per heavy atom. The van der Waals surface area contributed by atoms with Crippen LogP contribution < -0.4 is 5.32 Å². The topological polar surface area (TPSA) is 62.3 Å². The van der Waals surface area contributed by atoms with Crippen molar-refractivity contribution in [1.29, 1.82) is 0 Å². The maximum atomic E-state index is 12.7. The first-order valence-electron chi connectivity index (χ1n) is 6.21. The molecule has 0 aromatic carbocycles. The zero-order chi connectivity index (χ0) is 14.2. The highest BCUT2D eigenvalue weighted by Crippen LogP contribution is 2.32. The third-order valence-electron chi connectivity index (χ3n) is 3.37. The fourth-order valence-corrected chi connectivity index (χ4v) is 4.95. The lowest BCUT2D eigenvalue weighted by Crippen LogP contribution is -2.34. The summed E-state index contributed by atoms with van der Waals surface area (Å²) >= 11 is 3.28. The lowest BCUT2D eigenvalue weighted by atomic mass is 10.1. The van der Waals surface area contributed by atoms with Crippen LogP contribution in [0, 0.1) is 5.92 Å². The second kappa shape index (κ2) is 5.38. The summed E-state index contributed by atoms with van der Waals surface area (Å²) in [6, 6.07) is 1.63. The molecule has 0 spiro atoms. The summed E-state index contributed by atoms with van der Waals surface area (Å²) in [6.07, 6.45) is 2.48. The van der Waals surface area contributed by atoms with Gasteiger partial charge in [-0.2, -0.15) is 4.31 Å². The number of rotatable bonds is 3. The van der Waals surface area contributed by atoms with Crippen molar-refractivity contribution in [1.82, 2.24) is 9.29 Å². The molecule has 0 aliphatic carbocycles. The van der Waals surface area contributed by atoms with Gasteiger partial charge >= 0.3 is 0 Å². The van der Waals surface area contributed by atoms with Gasteiger partial charge in [0.05, 0.1) is 0 Å². The molecule has 2 unspecified atom stereocenters. The van der Waals surface area contributed by atoms with Gasteiger partial charge in [0.2, 0.25) is 10.0 Å². The van der Waals surface area contributed by atoms with Crippen LogP contribution in [0.4, 0.5) is 5.82 Å². The molecule has 2 atom stereocenters. The monoisotopic (exact) mass is 347 g/mol. The molecule has 0 amide bonds. The molecule has 1 aliphatic heterocycles. The second-order valence-corrected chi connectivity index (χ2v) is 7.79. The number of nitrogens with one attached hydrogen (secondary N) is 1. The Balaban J connectivity index is 2.48. The van der Waals surface area contributed by atoms with E-state index in [-0.39, 0.29) is 10.9 Å². The summed E-state index contributed by atoms with van der Waals surface area (Å²) in [6.45, 7) is 4.59. The van der Waals surface area contributed by atoms with Crippen LogP contribution in [0.3, 0.4) is 0 Å². The molecule has 2 heterocycles. The molecule has 5 nitrogen and oxygen atoms in total. The number of sulfonamides is 1. The van der Waals surface area contributed by atoms with Crippen LogP contribution in [0.1, 0.15) is 20.3 Å². The smallest absolute Gasteiger partial charge is 0.247 e. The fraction of sp³-hybridized carbons (Fsp3) is 0.583. The SMILES string of the molecule is CNc1ncc(Br)cc1S(=O)(=O)N1CC(C)CC1C. The largest absolute Gasteiger partial charge is 0.372 e. The van der Waals surface area contributed by atoms with Crippen LogP contribution in [-0.2, 0) is 10.0 Å². The molecule has 1 aromatic rings. The predicted molar refractivity (Wildman–Crippen MR) is 78.6 cm³/mol. The Bertz CT molecular complexity index is 576. The number of hydrogen-bond donors (Lipinski definition) is 1. The van der Waals surface area contributed by atoms with Gasteiger partial charge in [-0.3, -0.25) is 0 Å². The van der Waals surface area contributed by atoms with E-state index in [2.05, 4.69) is 33.2 Å². The molecule has 7 heteroatoms. The molecule has 0 bridgehead atoms. The Kier molecular flexibility index (Phi) is 4.17. The standard InChI is InChI=1S/C12H18BrN3O2S/c1-8-4-9(2)16(7-8)19(17,18)11-5-10(13)6-15-12(11)14-3/h5-6,8-9H,4,7H2,1-3H3,(H,14,15). The molecular formula is C12H18BrN3O2S. The Hall–Kier alpha value is -0.660. The molecule has 1 aliphatic rings. The van der Waals surface area contributed by atoms with Gasteiger partial charge in [-0.1, -0.05) is 6.92 Å². The molecule has 1 fully saturated rings. The first-order valence-corrected chi connectivity index (χ1v) is 8.44. The molecule has 1 saturated heterocycles. The Labute approximate surface area is 122 Å². The molecule has 2 rings (SSSR count). The second-order valence-electron chi connectivity index (χ2n) is 5.01. The van der Waals surface area contributed by atoms with Crippen molar-refractivity contribution in [2.24, 2.45) is 5.92 Å². The van der Waals surface area contributed by atoms with Crippen LogP contribution >= 0.6 is 15.9 Å². The summed E-state index contributed by atoms with van der Waals surface area (Å²) in [5.74, 6) is 0.776. The van der Waals surface area contributed by atoms with Gasteiger partial charge in [0.1, 0.15) is 10.7 Å². The minimum atomic E-state index is -3.51. The number of anilines is 1. The molecular weight excluding hydrogens is 330 g/mol. The predicted octanol–water partition coefficient (Wildman–Crippen LogP) is 2.30. The minimum Gasteiger partial charge on any atom is -0.372 e. The molecule has 0 saturated carbocycles. The molecule has 19 heavy (non-hydrogen) atoms. The molecule has 1 aromatic heterocycles. The van der Waals surface area contributed by atoms with Crippen LogP contribution in [0.5, 0.6) is 0 Å². The third-order valence-corrected chi connectivity index (χ3v) is 5.80. The summed E-state index contributed by atoms with van der Waals surface area (Å²) in [4.78, 5) is 4.34. The summed E-state index contributed by atoms with van der Waals surface area (Å²) in [5, 5.41) is 2.84. The van der Waals surface area contributed by atoms with Crippen molar-refractivity contribution in [3.8, 4) is 0 Å². The number of hydrogen-bond acceptors (Lipinski definition) is 4. The summed E-state index contributed by atoms with van der Waals surface area (Å²) in [7, 11) is -1.84. The summed E-state index contributed by atoms with van der Waals surface area (Å²) in [5.41, 5.74) is 0. The normalized spacial score (nSPS) is 24.6. The molecule has 1 N–H and O–H groups in total. The highest BCUT2D eigenvalue weighted by atomic mass is 79.9. The van der Waals surface area contributed by atoms with Gasteiger partial charge in [-0.15, -0.1) is 0 Å². The third kappa shape index (κ3) is 2.78. The first-order chi connectivity index (χ1) is 8.86. The van der Waals surface area contributed by atoms with E-state index in [1.54, 1.807) is 23.6 Å². The van der Waals surface area contributed by atoms with Crippen LogP contribution in [0.2, 0.25) is 0 Å². The van der Waals surface area contributed by atoms with E-state index in [1.165, 1.54) is 0 Å². The van der Waals surface area contributed by atoms with Gasteiger partial charge in [0.15, 0.2) is 0 Å². The average Bonchev–Trinajstić information content (AvgIpc) is 2.69. The van der Waals surface area contributed by atoms with Gasteiger partial charge in [-0.25, -0.2) is 13.4 Å². The maximum absolute atomic E-state index is 12.7. The first kappa shape index (κ1) is 14.7. The average molecular weight is 348 g/mol. The van der Waals surface area contributed by atoms with Crippen molar-refractivity contribution in [2.45, 2.75) is 31.2 Å². The van der Waals surface area contributed by atoms with Crippen molar-refractivity contribution >= 4 is 31.8 Å². The fourth-order valence-electron chi connectivity index (χ4n) is 2.53. The van der Waals surface area contributed by atoms with Crippen LogP contribution in [0.25, 0.3) is 0 Å². The Morgan fingerprint density at radius 3 is 2.68 bits per heavy atom. The van der Waals surface area contributed by atoms with Crippen molar-refractivity contribution in [3.63, 3.8) is 0 Å². The molecule has 106 valence electrons. The van der Waals surface area contributed by atoms with Crippen LogP contribution in [0.15, 0.2) is 21.6 Å². The highest BCUT2D eigenvalue weighted by molar-refractivity contribution is 9.10. The maximum Gasteiger partial charge on any atom is 0.247 e. The lowest BCUT2D eigenvalue weighted by molar-refractivity contribution is 0.405. The van der Waals surface area contributed by atoms with Gasteiger partial charge in [0, 0.05) is 30.3 Å². The van der Waals surface area contributed by atoms with Crippen LogP contribution in [-0.4, -0.2) is 37.3 Å². The number of aromatic nitrogens is 1.